The van der Waals surface area contributed by atoms with Crippen LogP contribution in [0.2, 0.25) is 0 Å². The van der Waals surface area contributed by atoms with Gasteiger partial charge in [0.25, 0.3) is 0 Å². The van der Waals surface area contributed by atoms with E-state index in [9.17, 15) is 26.7 Å². The molecule has 0 aliphatic heterocycles. The molecule has 1 aromatic heterocycles. The Bertz CT molecular complexity index is 398. The van der Waals surface area contributed by atoms with Crippen molar-refractivity contribution >= 4 is 5.97 Å². The molecule has 0 radical (unpaired) electrons. The lowest BCUT2D eigenvalue weighted by atomic mass is 10.1. The molecule has 88 valence electrons. The largest absolute Gasteiger partial charge is 0.477 e. The summed E-state index contributed by atoms with van der Waals surface area (Å²) in [5, 5.41) is 8.12. The quantitative estimate of drug-likeness (QED) is 0.808. The number of halogens is 5. The molecule has 0 amide bonds. The number of pyridine rings is 1. The summed E-state index contributed by atoms with van der Waals surface area (Å²) in [5.74, 6) is -6.70. The fourth-order valence-corrected chi connectivity index (χ4v) is 0.871. The number of carboxylic acid groups (broad SMARTS) is 1. The van der Waals surface area contributed by atoms with Crippen molar-refractivity contribution in [3.05, 3.63) is 29.6 Å². The molecular formula is C8H4F5NO2. The number of rotatable bonds is 2. The van der Waals surface area contributed by atoms with Crippen molar-refractivity contribution in [3.8, 4) is 0 Å². The normalized spacial score (nSPS) is 12.6. The zero-order valence-electron chi connectivity index (χ0n) is 7.42. The number of aliphatic carboxylic acids is 1. The Hall–Kier alpha value is -1.73. The van der Waals surface area contributed by atoms with Gasteiger partial charge in [-0.15, -0.1) is 0 Å². The summed E-state index contributed by atoms with van der Waals surface area (Å²) in [6.45, 7) is 0. The van der Waals surface area contributed by atoms with E-state index in [2.05, 4.69) is 4.98 Å². The van der Waals surface area contributed by atoms with Gasteiger partial charge < -0.3 is 5.11 Å². The molecule has 0 atom stereocenters. The fraction of sp³-hybridized carbons (Fsp3) is 0.250. The van der Waals surface area contributed by atoms with Crippen LogP contribution in [-0.4, -0.2) is 16.1 Å². The van der Waals surface area contributed by atoms with Gasteiger partial charge in [-0.05, 0) is 12.1 Å². The summed E-state index contributed by atoms with van der Waals surface area (Å²) < 4.78 is 61.6. The number of hydrogen-bond donors (Lipinski definition) is 1. The van der Waals surface area contributed by atoms with Crippen LogP contribution in [0.25, 0.3) is 0 Å². The molecule has 0 saturated carbocycles. The molecular weight excluding hydrogens is 237 g/mol. The van der Waals surface area contributed by atoms with E-state index in [0.29, 0.717) is 12.1 Å². The number of alkyl halides is 5. The minimum atomic E-state index is -4.75. The Morgan fingerprint density at radius 2 is 1.75 bits per heavy atom. The molecule has 1 rings (SSSR count). The SMILES string of the molecule is O=C(O)C(F)(F)c1ccc(C(F)(F)F)nc1. The first-order valence-corrected chi connectivity index (χ1v) is 3.80. The fourth-order valence-electron chi connectivity index (χ4n) is 0.871. The summed E-state index contributed by atoms with van der Waals surface area (Å²) in [6, 6.07) is 0.677. The topological polar surface area (TPSA) is 50.2 Å². The first kappa shape index (κ1) is 12.3. The van der Waals surface area contributed by atoms with Crippen LogP contribution in [0.15, 0.2) is 18.3 Å². The number of carboxylic acids is 1. The second-order valence-electron chi connectivity index (χ2n) is 2.81. The van der Waals surface area contributed by atoms with E-state index in [4.69, 9.17) is 5.11 Å². The van der Waals surface area contributed by atoms with E-state index in [0.717, 1.165) is 0 Å². The Morgan fingerprint density at radius 3 is 2.06 bits per heavy atom. The maximum absolute atomic E-state index is 12.8. The van der Waals surface area contributed by atoms with Crippen molar-refractivity contribution in [1.29, 1.82) is 0 Å². The van der Waals surface area contributed by atoms with Crippen LogP contribution in [0.3, 0.4) is 0 Å². The Balaban J connectivity index is 3.09. The maximum Gasteiger partial charge on any atom is 0.433 e. The van der Waals surface area contributed by atoms with Crippen LogP contribution in [0.5, 0.6) is 0 Å². The molecule has 1 N–H and O–H groups in total. The molecule has 8 heteroatoms. The standard InChI is InChI=1S/C8H4F5NO2/c9-7(10,6(15)16)4-1-2-5(14-3-4)8(11,12)13/h1-3H,(H,15,16). The summed E-state index contributed by atoms with van der Waals surface area (Å²) in [5.41, 5.74) is -2.47. The Kier molecular flexibility index (Phi) is 2.85. The third kappa shape index (κ3) is 2.26. The summed E-state index contributed by atoms with van der Waals surface area (Å²) in [6.07, 6.45) is -4.56. The van der Waals surface area contributed by atoms with Crippen molar-refractivity contribution in [2.75, 3.05) is 0 Å². The van der Waals surface area contributed by atoms with E-state index in [-0.39, 0.29) is 6.20 Å². The zero-order valence-corrected chi connectivity index (χ0v) is 7.42. The monoisotopic (exact) mass is 241 g/mol. The van der Waals surface area contributed by atoms with Gasteiger partial charge in [-0.3, -0.25) is 4.98 Å². The highest BCUT2D eigenvalue weighted by Gasteiger charge is 2.42. The molecule has 0 bridgehead atoms. The van der Waals surface area contributed by atoms with Crippen LogP contribution in [0.4, 0.5) is 22.0 Å². The molecule has 0 aliphatic carbocycles. The lowest BCUT2D eigenvalue weighted by Crippen LogP contribution is -2.25. The van der Waals surface area contributed by atoms with Gasteiger partial charge in [-0.25, -0.2) is 4.79 Å². The summed E-state index contributed by atoms with van der Waals surface area (Å²) in [7, 11) is 0. The Labute approximate surface area is 85.5 Å². The van der Waals surface area contributed by atoms with E-state index >= 15 is 0 Å². The first-order chi connectivity index (χ1) is 7.15. The lowest BCUT2D eigenvalue weighted by Gasteiger charge is -2.11. The molecule has 0 aromatic carbocycles. The molecule has 3 nitrogen and oxygen atoms in total. The molecule has 16 heavy (non-hydrogen) atoms. The molecule has 1 heterocycles. The van der Waals surface area contributed by atoms with Gasteiger partial charge in [-0.1, -0.05) is 0 Å². The highest BCUT2D eigenvalue weighted by atomic mass is 19.4. The predicted molar refractivity (Wildman–Crippen MR) is 40.8 cm³/mol. The number of carbonyl (C=O) groups is 1. The van der Waals surface area contributed by atoms with Crippen molar-refractivity contribution < 1.29 is 31.9 Å². The lowest BCUT2D eigenvalue weighted by molar-refractivity contribution is -0.166. The van der Waals surface area contributed by atoms with Gasteiger partial charge in [-0.2, -0.15) is 22.0 Å². The first-order valence-electron chi connectivity index (χ1n) is 3.80. The number of nitrogens with zero attached hydrogens (tertiary/aromatic N) is 1. The number of hydrogen-bond acceptors (Lipinski definition) is 2. The predicted octanol–water partition coefficient (Wildman–Crippen LogP) is 2.28. The van der Waals surface area contributed by atoms with Crippen LogP contribution >= 0.6 is 0 Å². The third-order valence-electron chi connectivity index (χ3n) is 1.69. The van der Waals surface area contributed by atoms with Crippen molar-refractivity contribution in [3.63, 3.8) is 0 Å². The van der Waals surface area contributed by atoms with Crippen LogP contribution in [0, 0.1) is 0 Å². The second-order valence-corrected chi connectivity index (χ2v) is 2.81. The van der Waals surface area contributed by atoms with Crippen LogP contribution < -0.4 is 0 Å². The highest BCUT2D eigenvalue weighted by Crippen LogP contribution is 2.31. The van der Waals surface area contributed by atoms with Gasteiger partial charge in [0, 0.05) is 6.20 Å². The average Bonchev–Trinajstić information content (AvgIpc) is 2.16. The minimum absolute atomic E-state index is 0.191. The van der Waals surface area contributed by atoms with E-state index in [1.165, 1.54) is 0 Å². The van der Waals surface area contributed by atoms with Gasteiger partial charge in [0.2, 0.25) is 0 Å². The number of aromatic nitrogens is 1. The van der Waals surface area contributed by atoms with Crippen molar-refractivity contribution in [1.82, 2.24) is 4.98 Å². The maximum atomic E-state index is 12.8. The molecule has 0 fully saturated rings. The van der Waals surface area contributed by atoms with Crippen LogP contribution in [-0.2, 0) is 16.9 Å². The molecule has 0 spiro atoms. The molecule has 0 saturated heterocycles. The van der Waals surface area contributed by atoms with Crippen molar-refractivity contribution in [2.24, 2.45) is 0 Å². The van der Waals surface area contributed by atoms with Gasteiger partial charge in [0.15, 0.2) is 0 Å². The van der Waals surface area contributed by atoms with Gasteiger partial charge >= 0.3 is 18.1 Å². The van der Waals surface area contributed by atoms with Crippen molar-refractivity contribution in [2.45, 2.75) is 12.1 Å². The van der Waals surface area contributed by atoms with E-state index < -0.39 is 29.3 Å². The average molecular weight is 241 g/mol. The Morgan fingerprint density at radius 1 is 1.19 bits per heavy atom. The van der Waals surface area contributed by atoms with Crippen LogP contribution in [0.1, 0.15) is 11.3 Å². The third-order valence-corrected chi connectivity index (χ3v) is 1.69. The van der Waals surface area contributed by atoms with Gasteiger partial charge in [0.1, 0.15) is 5.69 Å². The zero-order chi connectivity index (χ0) is 12.6. The smallest absolute Gasteiger partial charge is 0.433 e. The second kappa shape index (κ2) is 3.69. The molecule has 0 aliphatic rings. The van der Waals surface area contributed by atoms with Gasteiger partial charge in [0.05, 0.1) is 5.56 Å². The minimum Gasteiger partial charge on any atom is -0.477 e. The molecule has 1 aromatic rings. The summed E-state index contributed by atoms with van der Waals surface area (Å²) >= 11 is 0. The highest BCUT2D eigenvalue weighted by molar-refractivity contribution is 5.77. The molecule has 0 unspecified atom stereocenters. The summed E-state index contributed by atoms with van der Waals surface area (Å²) in [4.78, 5) is 12.8. The van der Waals surface area contributed by atoms with E-state index in [1.807, 2.05) is 0 Å². The van der Waals surface area contributed by atoms with E-state index in [1.54, 1.807) is 0 Å².